The lowest BCUT2D eigenvalue weighted by atomic mass is 9.97. The van der Waals surface area contributed by atoms with E-state index >= 15 is 0 Å². The van der Waals surface area contributed by atoms with Crippen LogP contribution in [0.2, 0.25) is 0 Å². The van der Waals surface area contributed by atoms with Crippen LogP contribution in [0.15, 0.2) is 29.6 Å². The van der Waals surface area contributed by atoms with Gasteiger partial charge in [-0.25, -0.2) is 9.78 Å². The number of anilines is 1. The van der Waals surface area contributed by atoms with Gasteiger partial charge in [-0.15, -0.1) is 11.3 Å². The zero-order valence-electron chi connectivity index (χ0n) is 10.5. The molecule has 1 aromatic heterocycles. The molecular formula is C13H15N3O2S. The fraction of sp³-hybridized carbons (Fsp3) is 0.231. The normalized spacial score (nSPS) is 12.1. The number of aryl methyl sites for hydroxylation is 1. The molecular weight excluding hydrogens is 262 g/mol. The third-order valence-electron chi connectivity index (χ3n) is 2.72. The van der Waals surface area contributed by atoms with Gasteiger partial charge >= 0.3 is 6.09 Å². The van der Waals surface area contributed by atoms with Gasteiger partial charge in [-0.2, -0.15) is 0 Å². The van der Waals surface area contributed by atoms with Crippen LogP contribution in [-0.2, 0) is 4.74 Å². The first kappa shape index (κ1) is 13.4. The van der Waals surface area contributed by atoms with Gasteiger partial charge in [0, 0.05) is 11.1 Å². The van der Waals surface area contributed by atoms with Crippen molar-refractivity contribution in [1.82, 2.24) is 4.98 Å². The number of benzene rings is 1. The maximum absolute atomic E-state index is 10.8. The summed E-state index contributed by atoms with van der Waals surface area (Å²) in [5.74, 6) is -0.127. The molecule has 0 saturated carbocycles. The Labute approximate surface area is 115 Å². The van der Waals surface area contributed by atoms with Crippen LogP contribution in [0.25, 0.3) is 0 Å². The minimum absolute atomic E-state index is 0.127. The maximum atomic E-state index is 10.8. The van der Waals surface area contributed by atoms with Gasteiger partial charge in [-0.1, -0.05) is 12.1 Å². The first-order valence-electron chi connectivity index (χ1n) is 5.76. The summed E-state index contributed by atoms with van der Waals surface area (Å²) in [6.07, 6.45) is -0.785. The monoisotopic (exact) mass is 277 g/mol. The van der Waals surface area contributed by atoms with Crippen LogP contribution in [0.1, 0.15) is 22.2 Å². The lowest BCUT2D eigenvalue weighted by Gasteiger charge is -2.15. The molecule has 0 fully saturated rings. The molecule has 0 bridgehead atoms. The van der Waals surface area contributed by atoms with Crippen molar-refractivity contribution >= 4 is 23.1 Å². The Balaban J connectivity index is 2.28. The van der Waals surface area contributed by atoms with E-state index in [9.17, 15) is 4.79 Å². The number of aromatic nitrogens is 1. The highest BCUT2D eigenvalue weighted by molar-refractivity contribution is 7.09. The standard InChI is InChI=1S/C13H15N3O2S/c1-8-16-12(7-19-8)11(6-18-13(15)17)9-2-4-10(14)5-3-9/h2-5,7,11H,6,14H2,1H3,(H2,15,17). The summed E-state index contributed by atoms with van der Waals surface area (Å²) < 4.78 is 4.92. The number of thiazole rings is 1. The number of nitrogens with zero attached hydrogens (tertiary/aromatic N) is 1. The smallest absolute Gasteiger partial charge is 0.404 e. The van der Waals surface area contributed by atoms with Gasteiger partial charge in [0.15, 0.2) is 0 Å². The summed E-state index contributed by atoms with van der Waals surface area (Å²) >= 11 is 1.56. The Morgan fingerprint density at radius 3 is 2.63 bits per heavy atom. The van der Waals surface area contributed by atoms with Gasteiger partial charge in [0.2, 0.25) is 0 Å². The molecule has 2 rings (SSSR count). The largest absolute Gasteiger partial charge is 0.449 e. The molecule has 2 aromatic rings. The average Bonchev–Trinajstić information content (AvgIpc) is 2.78. The highest BCUT2D eigenvalue weighted by Crippen LogP contribution is 2.26. The molecule has 0 radical (unpaired) electrons. The van der Waals surface area contributed by atoms with E-state index < -0.39 is 6.09 Å². The second kappa shape index (κ2) is 5.71. The van der Waals surface area contributed by atoms with E-state index in [0.29, 0.717) is 5.69 Å². The van der Waals surface area contributed by atoms with Crippen LogP contribution in [0.5, 0.6) is 0 Å². The van der Waals surface area contributed by atoms with E-state index in [0.717, 1.165) is 16.3 Å². The van der Waals surface area contributed by atoms with Crippen LogP contribution in [0, 0.1) is 6.92 Å². The van der Waals surface area contributed by atoms with Crippen LogP contribution in [0.3, 0.4) is 0 Å². The van der Waals surface area contributed by atoms with Crippen LogP contribution < -0.4 is 11.5 Å². The minimum Gasteiger partial charge on any atom is -0.449 e. The first-order valence-corrected chi connectivity index (χ1v) is 6.64. The molecule has 1 unspecified atom stereocenters. The minimum atomic E-state index is -0.785. The molecule has 1 atom stereocenters. The second-order valence-corrected chi connectivity index (χ2v) is 5.20. The maximum Gasteiger partial charge on any atom is 0.404 e. The quantitative estimate of drug-likeness (QED) is 0.838. The zero-order valence-corrected chi connectivity index (χ0v) is 11.3. The van der Waals surface area contributed by atoms with Gasteiger partial charge in [0.1, 0.15) is 6.61 Å². The van der Waals surface area contributed by atoms with E-state index in [4.69, 9.17) is 16.2 Å². The van der Waals surface area contributed by atoms with Gasteiger partial charge in [0.05, 0.1) is 16.6 Å². The van der Waals surface area contributed by atoms with Crippen molar-refractivity contribution < 1.29 is 9.53 Å². The molecule has 0 aliphatic carbocycles. The van der Waals surface area contributed by atoms with Crippen molar-refractivity contribution in [2.75, 3.05) is 12.3 Å². The van der Waals surface area contributed by atoms with Crippen molar-refractivity contribution in [3.05, 3.63) is 45.9 Å². The number of nitrogen functional groups attached to an aromatic ring is 1. The predicted octanol–water partition coefficient (Wildman–Crippen LogP) is 2.26. The number of rotatable bonds is 4. The van der Waals surface area contributed by atoms with Crippen molar-refractivity contribution in [3.8, 4) is 0 Å². The summed E-state index contributed by atoms with van der Waals surface area (Å²) in [5.41, 5.74) is 13.2. The lowest BCUT2D eigenvalue weighted by molar-refractivity contribution is 0.152. The van der Waals surface area contributed by atoms with Gasteiger partial charge in [0.25, 0.3) is 0 Å². The number of primary amides is 1. The number of hydrogen-bond donors (Lipinski definition) is 2. The van der Waals surface area contributed by atoms with Crippen molar-refractivity contribution in [1.29, 1.82) is 0 Å². The Bertz CT molecular complexity index is 566. The second-order valence-electron chi connectivity index (χ2n) is 4.14. The van der Waals surface area contributed by atoms with E-state index in [1.165, 1.54) is 0 Å². The van der Waals surface area contributed by atoms with E-state index in [1.807, 2.05) is 36.6 Å². The van der Waals surface area contributed by atoms with Crippen LogP contribution in [0.4, 0.5) is 10.5 Å². The first-order chi connectivity index (χ1) is 9.06. The van der Waals surface area contributed by atoms with Crippen molar-refractivity contribution in [3.63, 3.8) is 0 Å². The Morgan fingerprint density at radius 2 is 2.11 bits per heavy atom. The van der Waals surface area contributed by atoms with Gasteiger partial charge < -0.3 is 16.2 Å². The van der Waals surface area contributed by atoms with Gasteiger partial charge in [-0.05, 0) is 24.6 Å². The van der Waals surface area contributed by atoms with Crippen molar-refractivity contribution in [2.45, 2.75) is 12.8 Å². The SMILES string of the molecule is Cc1nc(C(COC(N)=O)c2ccc(N)cc2)cs1. The lowest BCUT2D eigenvalue weighted by Crippen LogP contribution is -2.18. The summed E-state index contributed by atoms with van der Waals surface area (Å²) in [6.45, 7) is 2.10. The van der Waals surface area contributed by atoms with Crippen LogP contribution >= 0.6 is 11.3 Å². The van der Waals surface area contributed by atoms with E-state index in [1.54, 1.807) is 11.3 Å². The molecule has 1 amide bonds. The Hall–Kier alpha value is -2.08. The molecule has 0 spiro atoms. The topological polar surface area (TPSA) is 91.2 Å². The Kier molecular flexibility index (Phi) is 4.01. The van der Waals surface area contributed by atoms with E-state index in [2.05, 4.69) is 4.98 Å². The number of hydrogen-bond acceptors (Lipinski definition) is 5. The number of ether oxygens (including phenoxy) is 1. The summed E-state index contributed by atoms with van der Waals surface area (Å²) in [6, 6.07) is 7.43. The third-order valence-corrected chi connectivity index (χ3v) is 3.52. The summed E-state index contributed by atoms with van der Waals surface area (Å²) in [4.78, 5) is 15.2. The fourth-order valence-corrected chi connectivity index (χ4v) is 2.45. The fourth-order valence-electron chi connectivity index (χ4n) is 1.79. The molecule has 0 saturated heterocycles. The average molecular weight is 277 g/mol. The highest BCUT2D eigenvalue weighted by Gasteiger charge is 2.18. The molecule has 100 valence electrons. The summed E-state index contributed by atoms with van der Waals surface area (Å²) in [7, 11) is 0. The van der Waals surface area contributed by atoms with Crippen molar-refractivity contribution in [2.24, 2.45) is 5.73 Å². The molecule has 0 aliphatic rings. The molecule has 1 aromatic carbocycles. The van der Waals surface area contributed by atoms with E-state index in [-0.39, 0.29) is 12.5 Å². The number of carbonyl (C=O) groups excluding carboxylic acids is 1. The number of amides is 1. The molecule has 4 N–H and O–H groups in total. The molecule has 19 heavy (non-hydrogen) atoms. The molecule has 5 nitrogen and oxygen atoms in total. The predicted molar refractivity (Wildman–Crippen MR) is 75.1 cm³/mol. The number of nitrogens with two attached hydrogens (primary N) is 2. The third kappa shape index (κ3) is 3.45. The Morgan fingerprint density at radius 1 is 1.42 bits per heavy atom. The highest BCUT2D eigenvalue weighted by atomic mass is 32.1. The molecule has 1 heterocycles. The summed E-state index contributed by atoms with van der Waals surface area (Å²) in [5, 5.41) is 2.93. The zero-order chi connectivity index (χ0) is 13.8. The molecule has 6 heteroatoms. The van der Waals surface area contributed by atoms with Crippen LogP contribution in [-0.4, -0.2) is 17.7 Å². The number of carbonyl (C=O) groups is 1. The molecule has 0 aliphatic heterocycles. The van der Waals surface area contributed by atoms with Gasteiger partial charge in [-0.3, -0.25) is 0 Å².